The lowest BCUT2D eigenvalue weighted by molar-refractivity contribution is -0.385. The van der Waals surface area contributed by atoms with E-state index in [1.165, 1.54) is 18.3 Å². The second kappa shape index (κ2) is 8.17. The van der Waals surface area contributed by atoms with Gasteiger partial charge in [-0.15, -0.1) is 0 Å². The van der Waals surface area contributed by atoms with Crippen LogP contribution in [-0.2, 0) is 9.59 Å². The molecule has 2 aliphatic carbocycles. The molecule has 5 rings (SSSR count). The van der Waals surface area contributed by atoms with Crippen LogP contribution in [0.3, 0.4) is 0 Å². The van der Waals surface area contributed by atoms with E-state index < -0.39 is 4.92 Å². The van der Waals surface area contributed by atoms with E-state index in [-0.39, 0.29) is 47.1 Å². The molecule has 1 aliphatic heterocycles. The van der Waals surface area contributed by atoms with Crippen molar-refractivity contribution in [1.82, 2.24) is 9.99 Å². The van der Waals surface area contributed by atoms with E-state index in [1.807, 2.05) is 24.3 Å². The predicted molar refractivity (Wildman–Crippen MR) is 130 cm³/mol. The standard InChI is InChI=1S/C21H14I2N4O5/c22-14-5-10(6-15(23)19(14)32-16-4-3-13(9-24-16)27(30)31)8-25-26-20(28)17-11-1-2-12(7-11)18(17)21(26)29/h1-6,8-9,11-12,17-18H,7H2/t11-,12-,17-,18+/m0/s1. The number of hydrogen-bond acceptors (Lipinski definition) is 7. The fraction of sp³-hybridized carbons (Fsp3) is 0.238. The zero-order valence-electron chi connectivity index (χ0n) is 16.2. The number of hydrogen-bond donors (Lipinski definition) is 0. The summed E-state index contributed by atoms with van der Waals surface area (Å²) in [4.78, 5) is 39.7. The molecule has 11 heteroatoms. The van der Waals surface area contributed by atoms with Crippen molar-refractivity contribution < 1.29 is 19.2 Å². The van der Waals surface area contributed by atoms with Crippen LogP contribution in [0.4, 0.5) is 5.69 Å². The van der Waals surface area contributed by atoms with Crippen LogP contribution in [0.5, 0.6) is 11.6 Å². The van der Waals surface area contributed by atoms with Gasteiger partial charge in [-0.3, -0.25) is 19.7 Å². The van der Waals surface area contributed by atoms with E-state index in [0.717, 1.165) is 24.8 Å². The third-order valence-electron chi connectivity index (χ3n) is 5.93. The topological polar surface area (TPSA) is 115 Å². The molecule has 9 nitrogen and oxygen atoms in total. The number of ether oxygens (including phenoxy) is 1. The molecule has 1 aromatic carbocycles. The van der Waals surface area contributed by atoms with Crippen molar-refractivity contribution in [3.63, 3.8) is 0 Å². The average molecular weight is 656 g/mol. The molecule has 1 saturated carbocycles. The zero-order valence-corrected chi connectivity index (χ0v) is 20.5. The van der Waals surface area contributed by atoms with E-state index in [4.69, 9.17) is 4.74 Å². The van der Waals surface area contributed by atoms with E-state index in [2.05, 4.69) is 55.3 Å². The number of imide groups is 1. The quantitative estimate of drug-likeness (QED) is 0.120. The molecule has 1 saturated heterocycles. The molecule has 4 atom stereocenters. The maximum Gasteiger partial charge on any atom is 0.287 e. The Balaban J connectivity index is 1.33. The van der Waals surface area contributed by atoms with Gasteiger partial charge in [-0.05, 0) is 81.1 Å². The van der Waals surface area contributed by atoms with Crippen LogP contribution in [-0.4, -0.2) is 32.9 Å². The van der Waals surface area contributed by atoms with Crippen molar-refractivity contribution >= 4 is 68.9 Å². The molecule has 2 bridgehead atoms. The Hall–Kier alpha value is -2.42. The highest BCUT2D eigenvalue weighted by Crippen LogP contribution is 2.52. The molecule has 0 radical (unpaired) electrons. The molecule has 32 heavy (non-hydrogen) atoms. The highest BCUT2D eigenvalue weighted by Gasteiger charge is 2.59. The second-order valence-electron chi connectivity index (χ2n) is 7.76. The molecule has 2 fully saturated rings. The molecule has 1 aromatic heterocycles. The minimum absolute atomic E-state index is 0.118. The summed E-state index contributed by atoms with van der Waals surface area (Å²) < 4.78 is 7.32. The van der Waals surface area contributed by atoms with Gasteiger partial charge in [0.2, 0.25) is 5.88 Å². The Morgan fingerprint density at radius 2 is 1.75 bits per heavy atom. The van der Waals surface area contributed by atoms with Crippen LogP contribution < -0.4 is 4.74 Å². The fourth-order valence-corrected chi connectivity index (χ4v) is 6.56. The average Bonchev–Trinajstić information content (AvgIpc) is 3.44. The van der Waals surface area contributed by atoms with E-state index >= 15 is 0 Å². The molecule has 2 aromatic rings. The number of rotatable bonds is 5. The van der Waals surface area contributed by atoms with Gasteiger partial charge in [0.1, 0.15) is 6.20 Å². The number of carbonyl (C=O) groups excluding carboxylic acids is 2. The molecule has 2 heterocycles. The van der Waals surface area contributed by atoms with Gasteiger partial charge in [0.15, 0.2) is 5.75 Å². The summed E-state index contributed by atoms with van der Waals surface area (Å²) in [7, 11) is 0. The zero-order chi connectivity index (χ0) is 22.6. The maximum absolute atomic E-state index is 12.8. The number of fused-ring (bicyclic) bond motifs is 5. The van der Waals surface area contributed by atoms with Crippen molar-refractivity contribution in [2.24, 2.45) is 28.8 Å². The molecular formula is C21H14I2N4O5. The second-order valence-corrected chi connectivity index (χ2v) is 10.1. The van der Waals surface area contributed by atoms with Crippen molar-refractivity contribution in [2.45, 2.75) is 6.42 Å². The Kier molecular flexibility index (Phi) is 5.47. The van der Waals surface area contributed by atoms with Gasteiger partial charge in [0.25, 0.3) is 17.5 Å². The van der Waals surface area contributed by atoms with Gasteiger partial charge in [0.05, 0.1) is 30.1 Å². The third-order valence-corrected chi connectivity index (χ3v) is 7.53. The van der Waals surface area contributed by atoms with Crippen molar-refractivity contribution in [2.75, 3.05) is 0 Å². The van der Waals surface area contributed by atoms with Gasteiger partial charge >= 0.3 is 0 Å². The van der Waals surface area contributed by atoms with Crippen molar-refractivity contribution in [3.05, 3.63) is 65.4 Å². The molecule has 0 spiro atoms. The Morgan fingerprint density at radius 1 is 1.12 bits per heavy atom. The van der Waals surface area contributed by atoms with Crippen LogP contribution in [0.2, 0.25) is 0 Å². The molecule has 2 amide bonds. The molecule has 0 unspecified atom stereocenters. The lowest BCUT2D eigenvalue weighted by Gasteiger charge is -2.13. The number of pyridine rings is 1. The van der Waals surface area contributed by atoms with E-state index in [0.29, 0.717) is 11.3 Å². The Morgan fingerprint density at radius 3 is 2.28 bits per heavy atom. The number of hydrazone groups is 1. The van der Waals surface area contributed by atoms with E-state index in [1.54, 1.807) is 0 Å². The number of nitro groups is 1. The lowest BCUT2D eigenvalue weighted by atomic mass is 9.85. The molecule has 162 valence electrons. The minimum Gasteiger partial charge on any atom is -0.437 e. The highest BCUT2D eigenvalue weighted by molar-refractivity contribution is 14.1. The van der Waals surface area contributed by atoms with Crippen LogP contribution in [0.1, 0.15) is 12.0 Å². The number of benzene rings is 1. The Bertz CT molecular complexity index is 1160. The van der Waals surface area contributed by atoms with Gasteiger partial charge in [0, 0.05) is 12.1 Å². The summed E-state index contributed by atoms with van der Waals surface area (Å²) in [5, 5.41) is 16.0. The van der Waals surface area contributed by atoms with Gasteiger partial charge in [-0.1, -0.05) is 12.2 Å². The van der Waals surface area contributed by atoms with Crippen LogP contribution in [0, 0.1) is 40.9 Å². The molecule has 3 aliphatic rings. The number of aromatic nitrogens is 1. The predicted octanol–water partition coefficient (Wildman–Crippen LogP) is 4.13. The summed E-state index contributed by atoms with van der Waals surface area (Å²) in [6, 6.07) is 6.38. The minimum atomic E-state index is -0.525. The first kappa shape index (κ1) is 21.4. The first-order valence-corrected chi connectivity index (χ1v) is 11.9. The SMILES string of the molecule is O=C1[C@@H]2[C@H](C(=O)N1N=Cc1cc(I)c(Oc3ccc([N+](=O)[O-])cn3)c(I)c1)[C@H]1C=C[C@H]2C1. The monoisotopic (exact) mass is 656 g/mol. The maximum atomic E-state index is 12.8. The van der Waals surface area contributed by atoms with Gasteiger partial charge < -0.3 is 4.74 Å². The summed E-state index contributed by atoms with van der Waals surface area (Å²) in [6.45, 7) is 0. The summed E-state index contributed by atoms with van der Waals surface area (Å²) in [5.74, 6) is 0.0790. The number of carbonyl (C=O) groups is 2. The Labute approximate surface area is 209 Å². The summed E-state index contributed by atoms with van der Waals surface area (Å²) in [5.41, 5.74) is 0.591. The van der Waals surface area contributed by atoms with Crippen LogP contribution >= 0.6 is 45.2 Å². The van der Waals surface area contributed by atoms with Gasteiger partial charge in [-0.25, -0.2) is 4.98 Å². The smallest absolute Gasteiger partial charge is 0.287 e. The number of halogens is 2. The van der Waals surface area contributed by atoms with Gasteiger partial charge in [-0.2, -0.15) is 10.1 Å². The first-order chi connectivity index (χ1) is 15.3. The van der Waals surface area contributed by atoms with Crippen LogP contribution in [0.25, 0.3) is 0 Å². The fourth-order valence-electron chi connectivity index (χ4n) is 4.52. The van der Waals surface area contributed by atoms with Crippen LogP contribution in [0.15, 0.2) is 47.7 Å². The highest BCUT2D eigenvalue weighted by atomic mass is 127. The number of amides is 2. The third kappa shape index (κ3) is 3.60. The molecular weight excluding hydrogens is 642 g/mol. The normalized spacial score (nSPS) is 25.8. The lowest BCUT2D eigenvalue weighted by Crippen LogP contribution is -2.28. The van der Waals surface area contributed by atoms with Crippen molar-refractivity contribution in [3.8, 4) is 11.6 Å². The number of allylic oxidation sites excluding steroid dienone is 2. The van der Waals surface area contributed by atoms with E-state index in [9.17, 15) is 19.7 Å². The largest absolute Gasteiger partial charge is 0.437 e. The summed E-state index contributed by atoms with van der Waals surface area (Å²) in [6.07, 6.45) is 7.62. The summed E-state index contributed by atoms with van der Waals surface area (Å²) >= 11 is 4.21. The first-order valence-electron chi connectivity index (χ1n) is 9.71. The number of nitrogens with zero attached hydrogens (tertiary/aromatic N) is 4. The van der Waals surface area contributed by atoms with Crippen molar-refractivity contribution in [1.29, 1.82) is 0 Å². The molecule has 0 N–H and O–H groups in total.